The molecule has 0 saturated carbocycles. The number of hydrogen-bond donors (Lipinski definition) is 1. The number of nitrogens with one attached hydrogen (secondary N) is 1. The predicted molar refractivity (Wildman–Crippen MR) is 97.9 cm³/mol. The molecule has 5 nitrogen and oxygen atoms in total. The van der Waals surface area contributed by atoms with Gasteiger partial charge in [0.05, 0.1) is 13.2 Å². The molecule has 1 saturated heterocycles. The summed E-state index contributed by atoms with van der Waals surface area (Å²) in [6.07, 6.45) is 3.61. The number of aryl methyl sites for hydroxylation is 1. The summed E-state index contributed by atoms with van der Waals surface area (Å²) in [4.78, 5) is 27.8. The average Bonchev–Trinajstić information content (AvgIpc) is 2.86. The van der Waals surface area contributed by atoms with Gasteiger partial charge in [0.25, 0.3) is 5.24 Å². The van der Waals surface area contributed by atoms with Crippen LogP contribution in [0.15, 0.2) is 42.6 Å². The van der Waals surface area contributed by atoms with Crippen LogP contribution in [0.1, 0.15) is 25.1 Å². The quantitative estimate of drug-likeness (QED) is 0.823. The molecule has 3 rings (SSSR count). The Hall–Kier alpha value is -2.34. The standard InChI is InChI=1S/C19H20N2O3S/c1-2-13-3-6-15(20-12-13)9-10-24-16-7-4-14(5-8-16)11-17-18(22)21-19(23)25-17/h3-8,12,17H,2,9-11H2,1H3,(H,21,22,23)/i17D/hD. The van der Waals surface area contributed by atoms with Gasteiger partial charge >= 0.3 is 0 Å². The van der Waals surface area contributed by atoms with Crippen molar-refractivity contribution in [3.05, 3.63) is 59.4 Å². The Kier molecular flexibility index (Phi) is 4.88. The first-order chi connectivity index (χ1) is 12.9. The van der Waals surface area contributed by atoms with E-state index in [0.717, 1.165) is 17.7 Å². The van der Waals surface area contributed by atoms with Gasteiger partial charge in [-0.15, -0.1) is 0 Å². The van der Waals surface area contributed by atoms with E-state index in [1.807, 2.05) is 12.3 Å². The van der Waals surface area contributed by atoms with E-state index in [9.17, 15) is 9.59 Å². The monoisotopic (exact) mass is 358 g/mol. The molecular weight excluding hydrogens is 336 g/mol. The minimum atomic E-state index is -1.67. The highest BCUT2D eigenvalue weighted by Crippen LogP contribution is 2.23. The molecule has 1 aliphatic rings. The number of imide groups is 1. The fourth-order valence-corrected chi connectivity index (χ4v) is 3.11. The molecule has 1 fully saturated rings. The van der Waals surface area contributed by atoms with E-state index in [2.05, 4.69) is 18.0 Å². The molecule has 1 atom stereocenters. The number of carbonyl (C=O) groups excluding carboxylic acids is 2. The average molecular weight is 358 g/mol. The van der Waals surface area contributed by atoms with E-state index in [1.54, 1.807) is 24.3 Å². The number of nitrogens with zero attached hydrogens (tertiary/aromatic N) is 1. The summed E-state index contributed by atoms with van der Waals surface area (Å²) in [7, 11) is 0. The Bertz CT molecular complexity index is 830. The van der Waals surface area contributed by atoms with Gasteiger partial charge < -0.3 is 4.74 Å². The highest BCUT2D eigenvalue weighted by atomic mass is 32.2. The van der Waals surface area contributed by atoms with E-state index in [4.69, 9.17) is 7.52 Å². The lowest BCUT2D eigenvalue weighted by Crippen LogP contribution is -2.25. The van der Waals surface area contributed by atoms with Gasteiger partial charge in [-0.2, -0.15) is 0 Å². The zero-order valence-electron chi connectivity index (χ0n) is 15.9. The van der Waals surface area contributed by atoms with Crippen LogP contribution in [-0.2, 0) is 24.1 Å². The molecule has 1 aromatic carbocycles. The number of pyridine rings is 1. The van der Waals surface area contributed by atoms with Crippen LogP contribution < -0.4 is 10.0 Å². The lowest BCUT2D eigenvalue weighted by Gasteiger charge is -2.09. The molecule has 0 bridgehead atoms. The number of rotatable bonds is 7. The molecule has 25 heavy (non-hydrogen) atoms. The lowest BCUT2D eigenvalue weighted by molar-refractivity contribution is -0.118. The molecule has 6 heteroatoms. The molecule has 1 aromatic heterocycles. The van der Waals surface area contributed by atoms with E-state index in [0.29, 0.717) is 30.5 Å². The largest absolute Gasteiger partial charge is 0.493 e. The van der Waals surface area contributed by atoms with E-state index < -0.39 is 16.4 Å². The minimum absolute atomic E-state index is 0.0611. The normalized spacial score (nSPS) is 21.2. The van der Waals surface area contributed by atoms with Crippen LogP contribution in [-0.4, -0.2) is 28.0 Å². The third-order valence-corrected chi connectivity index (χ3v) is 4.68. The Labute approximate surface area is 154 Å². The molecule has 2 aromatic rings. The van der Waals surface area contributed by atoms with Gasteiger partial charge in [-0.05, 0) is 42.2 Å². The van der Waals surface area contributed by atoms with Crippen molar-refractivity contribution >= 4 is 22.9 Å². The first kappa shape index (κ1) is 15.0. The Morgan fingerprint density at radius 3 is 2.60 bits per heavy atom. The maximum Gasteiger partial charge on any atom is 0.286 e. The predicted octanol–water partition coefficient (Wildman–Crippen LogP) is 3.16. The maximum atomic E-state index is 11.9. The van der Waals surface area contributed by atoms with Gasteiger partial charge in [0.1, 0.15) is 5.75 Å². The van der Waals surface area contributed by atoms with Crippen molar-refractivity contribution in [3.63, 3.8) is 0 Å². The summed E-state index contributed by atoms with van der Waals surface area (Å²) in [6, 6.07) is 11.2. The highest BCUT2D eigenvalue weighted by Gasteiger charge is 2.31. The summed E-state index contributed by atoms with van der Waals surface area (Å²) < 4.78 is 21.2. The first-order valence-corrected chi connectivity index (χ1v) is 8.95. The second kappa shape index (κ2) is 8.16. The summed E-state index contributed by atoms with van der Waals surface area (Å²) in [5.74, 6) is -0.119. The van der Waals surface area contributed by atoms with Gasteiger partial charge in [-0.1, -0.05) is 36.9 Å². The molecule has 2 amide bonds. The molecule has 1 N–H and O–H groups in total. The maximum absolute atomic E-state index is 11.9. The molecule has 1 unspecified atom stereocenters. The number of carbonyl (C=O) groups is 2. The Morgan fingerprint density at radius 1 is 1.24 bits per heavy atom. The molecule has 2 heterocycles. The van der Waals surface area contributed by atoms with E-state index in [1.165, 1.54) is 5.56 Å². The Morgan fingerprint density at radius 2 is 2.00 bits per heavy atom. The second-order valence-corrected chi connectivity index (χ2v) is 6.68. The lowest BCUT2D eigenvalue weighted by atomic mass is 10.1. The molecule has 130 valence electrons. The minimum Gasteiger partial charge on any atom is -0.493 e. The fraction of sp³-hybridized carbons (Fsp3) is 0.316. The zero-order chi connectivity index (χ0) is 19.4. The number of benzene rings is 1. The summed E-state index contributed by atoms with van der Waals surface area (Å²) in [5.41, 5.74) is 2.91. The summed E-state index contributed by atoms with van der Waals surface area (Å²) >= 11 is 0.576. The topological polar surface area (TPSA) is 68.3 Å². The van der Waals surface area contributed by atoms with Crippen LogP contribution in [0.25, 0.3) is 0 Å². The van der Waals surface area contributed by atoms with Crippen LogP contribution in [0, 0.1) is 0 Å². The third kappa shape index (κ3) is 4.82. The van der Waals surface area contributed by atoms with Gasteiger partial charge in [0, 0.05) is 18.3 Å². The number of aromatic nitrogens is 1. The van der Waals surface area contributed by atoms with Crippen LogP contribution in [0.5, 0.6) is 5.75 Å². The van der Waals surface area contributed by atoms with Crippen molar-refractivity contribution in [2.24, 2.45) is 0 Å². The summed E-state index contributed by atoms with van der Waals surface area (Å²) in [6.45, 7) is 2.59. The third-order valence-electron chi connectivity index (χ3n) is 3.85. The first-order valence-electron chi connectivity index (χ1n) is 9.08. The highest BCUT2D eigenvalue weighted by molar-refractivity contribution is 8.15. The molecule has 0 radical (unpaired) electrons. The van der Waals surface area contributed by atoms with Crippen molar-refractivity contribution in [3.8, 4) is 5.75 Å². The van der Waals surface area contributed by atoms with Gasteiger partial charge in [-0.3, -0.25) is 19.9 Å². The molecular formula is C19H20N2O3S. The van der Waals surface area contributed by atoms with Crippen LogP contribution >= 0.6 is 11.8 Å². The van der Waals surface area contributed by atoms with E-state index in [-0.39, 0.29) is 11.7 Å². The molecule has 0 aliphatic carbocycles. The van der Waals surface area contributed by atoms with Gasteiger partial charge in [0.2, 0.25) is 5.91 Å². The van der Waals surface area contributed by atoms with Crippen molar-refractivity contribution < 1.29 is 17.1 Å². The number of ether oxygens (including phenoxy) is 1. The zero-order valence-corrected chi connectivity index (χ0v) is 14.7. The smallest absolute Gasteiger partial charge is 0.286 e. The van der Waals surface area contributed by atoms with Crippen LogP contribution in [0.3, 0.4) is 0 Å². The van der Waals surface area contributed by atoms with Crippen molar-refractivity contribution in [2.45, 2.75) is 31.4 Å². The number of hydrogen-bond acceptors (Lipinski definition) is 5. The molecule has 1 aliphatic heterocycles. The number of amides is 2. The van der Waals surface area contributed by atoms with Crippen molar-refractivity contribution in [1.29, 1.82) is 0 Å². The van der Waals surface area contributed by atoms with Crippen molar-refractivity contribution in [2.75, 3.05) is 6.61 Å². The Balaban J connectivity index is 1.53. The SMILES string of the molecule is [2H]N1C(=O)SC([2H])(Cc2ccc(OCCc3ccc(CC)cn3)cc2)C1=O. The van der Waals surface area contributed by atoms with Crippen LogP contribution in [0.2, 0.25) is 1.41 Å². The van der Waals surface area contributed by atoms with Crippen molar-refractivity contribution in [1.82, 2.24) is 10.3 Å². The van der Waals surface area contributed by atoms with Gasteiger partial charge in [0.15, 0.2) is 1.41 Å². The van der Waals surface area contributed by atoms with Gasteiger partial charge in [-0.25, -0.2) is 0 Å². The van der Waals surface area contributed by atoms with E-state index >= 15 is 0 Å². The van der Waals surface area contributed by atoms with Crippen LogP contribution in [0.4, 0.5) is 4.79 Å². The molecule has 0 spiro atoms. The fourth-order valence-electron chi connectivity index (χ4n) is 2.40. The number of thioether (sulfide) groups is 1. The second-order valence-electron chi connectivity index (χ2n) is 5.64. The summed E-state index contributed by atoms with van der Waals surface area (Å²) in [5, 5.41) is -2.12.